The summed E-state index contributed by atoms with van der Waals surface area (Å²) >= 11 is 1.75. The molecule has 1 saturated heterocycles. The summed E-state index contributed by atoms with van der Waals surface area (Å²) in [6.07, 6.45) is 2.21. The fourth-order valence-corrected chi connectivity index (χ4v) is 4.52. The molecule has 27 heavy (non-hydrogen) atoms. The molecule has 1 atom stereocenters. The summed E-state index contributed by atoms with van der Waals surface area (Å²) in [6.45, 7) is 6.59. The van der Waals surface area contributed by atoms with Crippen molar-refractivity contribution in [2.24, 2.45) is 0 Å². The Morgan fingerprint density at radius 3 is 2.74 bits per heavy atom. The average Bonchev–Trinajstić information content (AvgIpc) is 3.34. The highest BCUT2D eigenvalue weighted by Gasteiger charge is 2.28. The zero-order valence-electron chi connectivity index (χ0n) is 16.0. The van der Waals surface area contributed by atoms with E-state index in [1.54, 1.807) is 28.4 Å². The third-order valence-corrected chi connectivity index (χ3v) is 6.00. The van der Waals surface area contributed by atoms with Gasteiger partial charge in [0.25, 0.3) is 5.91 Å². The molecule has 1 N–H and O–H groups in total. The number of amides is 2. The Morgan fingerprint density at radius 1 is 1.22 bits per heavy atom. The predicted octanol–water partition coefficient (Wildman–Crippen LogP) is 4.01. The lowest BCUT2D eigenvalue weighted by atomic mass is 10.1. The van der Waals surface area contributed by atoms with Crippen LogP contribution in [0.15, 0.2) is 41.8 Å². The second kappa shape index (κ2) is 9.15. The zero-order chi connectivity index (χ0) is 19.2. The van der Waals surface area contributed by atoms with Crippen molar-refractivity contribution in [3.8, 4) is 0 Å². The fraction of sp³-hybridized carbons (Fsp3) is 0.429. The largest absolute Gasteiger partial charge is 0.339 e. The molecule has 1 aliphatic rings. The first-order chi connectivity index (χ1) is 13.1. The molecule has 0 aliphatic carbocycles. The predicted molar refractivity (Wildman–Crippen MR) is 110 cm³/mol. The van der Waals surface area contributed by atoms with Crippen LogP contribution in [0.5, 0.6) is 0 Å². The normalized spacial score (nSPS) is 17.0. The molecular formula is C21H27N3O2S. The Labute approximate surface area is 165 Å². The highest BCUT2D eigenvalue weighted by Crippen LogP contribution is 2.34. The molecule has 5 nitrogen and oxygen atoms in total. The number of nitrogens with zero attached hydrogens (tertiary/aromatic N) is 2. The Kier molecular flexibility index (Phi) is 6.63. The lowest BCUT2D eigenvalue weighted by Crippen LogP contribution is -2.33. The van der Waals surface area contributed by atoms with E-state index in [0.29, 0.717) is 36.9 Å². The van der Waals surface area contributed by atoms with Crippen LogP contribution in [0.1, 0.15) is 48.0 Å². The number of hydrogen-bond acceptors (Lipinski definition) is 4. The Morgan fingerprint density at radius 2 is 2.04 bits per heavy atom. The molecule has 0 saturated carbocycles. The van der Waals surface area contributed by atoms with Crippen molar-refractivity contribution in [1.82, 2.24) is 9.80 Å². The highest BCUT2D eigenvalue weighted by atomic mass is 32.1. The van der Waals surface area contributed by atoms with Gasteiger partial charge in [-0.15, -0.1) is 11.3 Å². The molecule has 2 amide bonds. The van der Waals surface area contributed by atoms with Gasteiger partial charge in [-0.2, -0.15) is 0 Å². The molecule has 144 valence electrons. The minimum Gasteiger partial charge on any atom is -0.339 e. The smallest absolute Gasteiger partial charge is 0.253 e. The first-order valence-corrected chi connectivity index (χ1v) is 10.5. The van der Waals surface area contributed by atoms with Crippen LogP contribution in [-0.2, 0) is 4.79 Å². The van der Waals surface area contributed by atoms with Crippen LogP contribution < -0.4 is 5.32 Å². The molecule has 6 heteroatoms. The number of benzene rings is 1. The lowest BCUT2D eigenvalue weighted by Gasteiger charge is -2.23. The molecular weight excluding hydrogens is 358 g/mol. The highest BCUT2D eigenvalue weighted by molar-refractivity contribution is 7.10. The second-order valence-corrected chi connectivity index (χ2v) is 7.73. The first kappa shape index (κ1) is 19.6. The molecule has 2 aromatic rings. The number of nitrogens with one attached hydrogen (secondary N) is 1. The number of anilines is 1. The van der Waals surface area contributed by atoms with Gasteiger partial charge in [-0.3, -0.25) is 14.5 Å². The van der Waals surface area contributed by atoms with Gasteiger partial charge in [-0.05, 0) is 62.9 Å². The van der Waals surface area contributed by atoms with Gasteiger partial charge in [0.15, 0.2) is 0 Å². The van der Waals surface area contributed by atoms with Gasteiger partial charge in [0, 0.05) is 35.3 Å². The third-order valence-electron chi connectivity index (χ3n) is 5.03. The number of carbonyl (C=O) groups excluding carboxylic acids is 2. The van der Waals surface area contributed by atoms with E-state index in [0.717, 1.165) is 19.4 Å². The van der Waals surface area contributed by atoms with Crippen LogP contribution >= 0.6 is 11.3 Å². The molecule has 1 aromatic carbocycles. The number of hydrogen-bond donors (Lipinski definition) is 1. The number of likely N-dealkylation sites (tertiary alicyclic amines) is 1. The molecule has 1 fully saturated rings. The summed E-state index contributed by atoms with van der Waals surface area (Å²) in [5.74, 6) is -0.0423. The van der Waals surface area contributed by atoms with Crippen molar-refractivity contribution < 1.29 is 9.59 Å². The summed E-state index contributed by atoms with van der Waals surface area (Å²) in [6, 6.07) is 11.8. The minimum atomic E-state index is -0.0362. The molecule has 0 radical (unpaired) electrons. The van der Waals surface area contributed by atoms with Crippen molar-refractivity contribution in [3.63, 3.8) is 0 Å². The van der Waals surface area contributed by atoms with E-state index >= 15 is 0 Å². The van der Waals surface area contributed by atoms with Crippen molar-refractivity contribution in [1.29, 1.82) is 0 Å². The first-order valence-electron chi connectivity index (χ1n) is 9.59. The van der Waals surface area contributed by atoms with E-state index in [1.807, 2.05) is 26.0 Å². The van der Waals surface area contributed by atoms with Crippen LogP contribution in [0.2, 0.25) is 0 Å². The summed E-state index contributed by atoms with van der Waals surface area (Å²) < 4.78 is 0. The topological polar surface area (TPSA) is 52.7 Å². The van der Waals surface area contributed by atoms with Crippen LogP contribution in [0.4, 0.5) is 5.69 Å². The summed E-state index contributed by atoms with van der Waals surface area (Å²) in [4.78, 5) is 30.4. The van der Waals surface area contributed by atoms with Gasteiger partial charge in [0.05, 0.1) is 6.54 Å². The molecule has 0 bridgehead atoms. The third kappa shape index (κ3) is 4.76. The summed E-state index contributed by atoms with van der Waals surface area (Å²) in [5, 5.41) is 5.04. The quantitative estimate of drug-likeness (QED) is 0.784. The van der Waals surface area contributed by atoms with Gasteiger partial charge in [0.2, 0.25) is 5.91 Å². The van der Waals surface area contributed by atoms with Gasteiger partial charge in [-0.25, -0.2) is 0 Å². The fourth-order valence-electron chi connectivity index (χ4n) is 3.63. The molecule has 1 aliphatic heterocycles. The standard InChI is InChI=1S/C21H27N3O2S/c1-3-23(4-2)21(26)16-8-5-9-17(14-16)22-20(25)15-24-12-6-10-18(24)19-11-7-13-27-19/h5,7-9,11,13-14,18H,3-4,6,10,12,15H2,1-2H3,(H,22,25)/t18-/m1/s1. The molecule has 0 unspecified atom stereocenters. The Balaban J connectivity index is 1.63. The maximum atomic E-state index is 12.6. The number of rotatable bonds is 7. The van der Waals surface area contributed by atoms with Crippen molar-refractivity contribution in [3.05, 3.63) is 52.2 Å². The van der Waals surface area contributed by atoms with Crippen LogP contribution in [-0.4, -0.2) is 47.8 Å². The molecule has 0 spiro atoms. The van der Waals surface area contributed by atoms with E-state index < -0.39 is 0 Å². The molecule has 3 rings (SSSR count). The van der Waals surface area contributed by atoms with Crippen LogP contribution in [0.3, 0.4) is 0 Å². The maximum absolute atomic E-state index is 12.6. The number of thiophene rings is 1. The monoisotopic (exact) mass is 385 g/mol. The van der Waals surface area contributed by atoms with Gasteiger partial charge < -0.3 is 10.2 Å². The van der Waals surface area contributed by atoms with E-state index in [9.17, 15) is 9.59 Å². The van der Waals surface area contributed by atoms with Crippen molar-refractivity contribution >= 4 is 28.8 Å². The van der Waals surface area contributed by atoms with Gasteiger partial charge in [0.1, 0.15) is 0 Å². The minimum absolute atomic E-state index is 0.00611. The van der Waals surface area contributed by atoms with E-state index in [4.69, 9.17) is 0 Å². The average molecular weight is 386 g/mol. The lowest BCUT2D eigenvalue weighted by molar-refractivity contribution is -0.117. The second-order valence-electron chi connectivity index (χ2n) is 6.75. The van der Waals surface area contributed by atoms with E-state index in [2.05, 4.69) is 27.7 Å². The summed E-state index contributed by atoms with van der Waals surface area (Å²) in [5.41, 5.74) is 1.28. The molecule has 1 aromatic heterocycles. The Bertz CT molecular complexity index is 771. The molecule has 2 heterocycles. The van der Waals surface area contributed by atoms with Crippen molar-refractivity contribution in [2.75, 3.05) is 31.5 Å². The van der Waals surface area contributed by atoms with E-state index in [1.165, 1.54) is 4.88 Å². The Hall–Kier alpha value is -2.18. The zero-order valence-corrected chi connectivity index (χ0v) is 16.8. The van der Waals surface area contributed by atoms with Gasteiger partial charge in [-0.1, -0.05) is 12.1 Å². The van der Waals surface area contributed by atoms with Crippen LogP contribution in [0.25, 0.3) is 0 Å². The van der Waals surface area contributed by atoms with Gasteiger partial charge >= 0.3 is 0 Å². The van der Waals surface area contributed by atoms with Crippen LogP contribution in [0, 0.1) is 0 Å². The van der Waals surface area contributed by atoms with E-state index in [-0.39, 0.29) is 11.8 Å². The van der Waals surface area contributed by atoms with Crippen molar-refractivity contribution in [2.45, 2.75) is 32.7 Å². The number of carbonyl (C=O) groups is 2. The summed E-state index contributed by atoms with van der Waals surface area (Å²) in [7, 11) is 0. The SMILES string of the molecule is CCN(CC)C(=O)c1cccc(NC(=O)CN2CCC[C@@H]2c2cccs2)c1. The maximum Gasteiger partial charge on any atom is 0.253 e.